The first-order valence-electron chi connectivity index (χ1n) is 6.18. The molecule has 3 aromatic rings. The molecule has 2 aromatic carbocycles. The van der Waals surface area contributed by atoms with Gasteiger partial charge in [-0.2, -0.15) is 0 Å². The van der Waals surface area contributed by atoms with Crippen LogP contribution in [0.3, 0.4) is 0 Å². The number of phenolic OH excluding ortho intramolecular Hbond substituents is 1. The van der Waals surface area contributed by atoms with Gasteiger partial charge in [0.15, 0.2) is 5.82 Å². The third-order valence-electron chi connectivity index (χ3n) is 3.26. The van der Waals surface area contributed by atoms with E-state index in [4.69, 9.17) is 0 Å². The molecule has 1 aromatic heterocycles. The van der Waals surface area contributed by atoms with Crippen LogP contribution in [0.25, 0.3) is 22.3 Å². The molecule has 0 amide bonds. The molecule has 0 fully saturated rings. The largest absolute Gasteiger partial charge is 0.507 e. The minimum absolute atomic E-state index is 0.264. The molecule has 1 N–H and O–H groups in total. The third-order valence-corrected chi connectivity index (χ3v) is 3.26. The van der Waals surface area contributed by atoms with Crippen LogP contribution in [0.5, 0.6) is 5.75 Å². The second-order valence-electron chi connectivity index (χ2n) is 4.68. The number of hydrogen-bond acceptors (Lipinski definition) is 3. The van der Waals surface area contributed by atoms with Crippen LogP contribution in [0, 0.1) is 13.8 Å². The summed E-state index contributed by atoms with van der Waals surface area (Å²) in [5, 5.41) is 10.8. The summed E-state index contributed by atoms with van der Waals surface area (Å²) in [5.41, 5.74) is 3.67. The molecule has 19 heavy (non-hydrogen) atoms. The van der Waals surface area contributed by atoms with Gasteiger partial charge in [0.25, 0.3) is 0 Å². The molecular weight excluding hydrogens is 236 g/mol. The molecule has 0 atom stereocenters. The van der Waals surface area contributed by atoms with E-state index in [0.717, 1.165) is 22.2 Å². The first-order chi connectivity index (χ1) is 9.16. The van der Waals surface area contributed by atoms with Crippen LogP contribution in [-0.4, -0.2) is 15.1 Å². The van der Waals surface area contributed by atoms with Crippen molar-refractivity contribution in [3.63, 3.8) is 0 Å². The maximum Gasteiger partial charge on any atom is 0.159 e. The Bertz CT molecular complexity index is 752. The summed E-state index contributed by atoms with van der Waals surface area (Å²) in [6, 6.07) is 11.8. The molecule has 94 valence electrons. The van der Waals surface area contributed by atoms with E-state index in [9.17, 15) is 5.11 Å². The highest BCUT2D eigenvalue weighted by molar-refractivity contribution is 5.89. The topological polar surface area (TPSA) is 46.0 Å². The van der Waals surface area contributed by atoms with E-state index in [1.807, 2.05) is 50.2 Å². The fourth-order valence-corrected chi connectivity index (χ4v) is 2.26. The molecule has 3 nitrogen and oxygen atoms in total. The number of aromatic hydroxyl groups is 1. The van der Waals surface area contributed by atoms with E-state index in [0.29, 0.717) is 11.2 Å². The van der Waals surface area contributed by atoms with Crippen LogP contribution in [-0.2, 0) is 0 Å². The number of nitrogens with zero attached hydrogens (tertiary/aromatic N) is 2. The van der Waals surface area contributed by atoms with E-state index in [1.165, 1.54) is 0 Å². The van der Waals surface area contributed by atoms with Crippen molar-refractivity contribution >= 4 is 10.9 Å². The summed E-state index contributed by atoms with van der Waals surface area (Å²) in [6.45, 7) is 3.88. The van der Waals surface area contributed by atoms with E-state index >= 15 is 0 Å². The van der Waals surface area contributed by atoms with Gasteiger partial charge in [-0.25, -0.2) is 9.97 Å². The number of hydrogen-bond donors (Lipinski definition) is 1. The summed E-state index contributed by atoms with van der Waals surface area (Å²) in [7, 11) is 0. The Kier molecular flexibility index (Phi) is 2.67. The van der Waals surface area contributed by atoms with Crippen LogP contribution in [0.2, 0.25) is 0 Å². The third kappa shape index (κ3) is 1.93. The lowest BCUT2D eigenvalue weighted by atomic mass is 10.1. The molecule has 3 rings (SSSR count). The molecule has 0 aliphatic rings. The molecule has 1 heterocycles. The van der Waals surface area contributed by atoms with E-state index in [1.54, 1.807) is 6.20 Å². The quantitative estimate of drug-likeness (QED) is 0.717. The first-order valence-corrected chi connectivity index (χ1v) is 6.18. The Balaban J connectivity index is 2.28. The summed E-state index contributed by atoms with van der Waals surface area (Å²) in [5.74, 6) is 0.944. The molecular formula is C16H14N2O. The fraction of sp³-hybridized carbons (Fsp3) is 0.125. The lowest BCUT2D eigenvalue weighted by molar-refractivity contribution is 0.477. The summed E-state index contributed by atoms with van der Waals surface area (Å²) in [4.78, 5) is 8.92. The van der Waals surface area contributed by atoms with Crippen molar-refractivity contribution in [3.05, 3.63) is 53.7 Å². The summed E-state index contributed by atoms with van der Waals surface area (Å²) in [6.07, 6.45) is 1.69. The number of fused-ring (bicyclic) bond motifs is 1. The first kappa shape index (κ1) is 11.7. The van der Waals surface area contributed by atoms with Gasteiger partial charge in [-0.05, 0) is 25.0 Å². The number of aromatic nitrogens is 2. The molecule has 0 bridgehead atoms. The number of benzene rings is 2. The standard InChI is InChI=1S/C16H14N2O/c1-10-8-11(2)15(19)13-9-17-16(18-14(10)13)12-6-4-3-5-7-12/h3-9,19H,1-2H3. The minimum atomic E-state index is 0.264. The molecule has 0 aliphatic heterocycles. The summed E-state index contributed by atoms with van der Waals surface area (Å²) >= 11 is 0. The Morgan fingerprint density at radius 2 is 1.74 bits per heavy atom. The van der Waals surface area contributed by atoms with Crippen LogP contribution in [0.1, 0.15) is 11.1 Å². The fourth-order valence-electron chi connectivity index (χ4n) is 2.26. The Morgan fingerprint density at radius 1 is 1.00 bits per heavy atom. The average Bonchev–Trinajstić information content (AvgIpc) is 2.45. The number of phenols is 1. The zero-order valence-corrected chi connectivity index (χ0v) is 10.9. The van der Waals surface area contributed by atoms with Crippen molar-refractivity contribution in [1.82, 2.24) is 9.97 Å². The van der Waals surface area contributed by atoms with Crippen LogP contribution >= 0.6 is 0 Å². The minimum Gasteiger partial charge on any atom is -0.507 e. The van der Waals surface area contributed by atoms with Gasteiger partial charge < -0.3 is 5.11 Å². The van der Waals surface area contributed by atoms with Crippen molar-refractivity contribution in [2.45, 2.75) is 13.8 Å². The van der Waals surface area contributed by atoms with E-state index in [-0.39, 0.29) is 5.75 Å². The second-order valence-corrected chi connectivity index (χ2v) is 4.68. The maximum atomic E-state index is 10.1. The van der Waals surface area contributed by atoms with Gasteiger partial charge in [-0.15, -0.1) is 0 Å². The maximum absolute atomic E-state index is 10.1. The lowest BCUT2D eigenvalue weighted by Crippen LogP contribution is -1.93. The Labute approximate surface area is 111 Å². The highest BCUT2D eigenvalue weighted by Crippen LogP contribution is 2.30. The predicted molar refractivity (Wildman–Crippen MR) is 76.1 cm³/mol. The second kappa shape index (κ2) is 4.35. The SMILES string of the molecule is Cc1cc(C)c2nc(-c3ccccc3)ncc2c1O. The zero-order chi connectivity index (χ0) is 13.4. The highest BCUT2D eigenvalue weighted by atomic mass is 16.3. The van der Waals surface area contributed by atoms with Gasteiger partial charge in [-0.1, -0.05) is 36.4 Å². The number of aryl methyl sites for hydroxylation is 2. The van der Waals surface area contributed by atoms with Crippen molar-refractivity contribution < 1.29 is 5.11 Å². The highest BCUT2D eigenvalue weighted by Gasteiger charge is 2.10. The molecule has 0 radical (unpaired) electrons. The van der Waals surface area contributed by atoms with E-state index < -0.39 is 0 Å². The molecule has 0 saturated carbocycles. The van der Waals surface area contributed by atoms with Gasteiger partial charge in [0, 0.05) is 11.8 Å². The molecule has 0 saturated heterocycles. The van der Waals surface area contributed by atoms with Gasteiger partial charge in [-0.3, -0.25) is 0 Å². The van der Waals surface area contributed by atoms with Crippen molar-refractivity contribution in [3.8, 4) is 17.1 Å². The summed E-state index contributed by atoms with van der Waals surface area (Å²) < 4.78 is 0. The van der Waals surface area contributed by atoms with Crippen molar-refractivity contribution in [2.24, 2.45) is 0 Å². The zero-order valence-electron chi connectivity index (χ0n) is 10.9. The number of rotatable bonds is 1. The Morgan fingerprint density at radius 3 is 2.47 bits per heavy atom. The monoisotopic (exact) mass is 250 g/mol. The van der Waals surface area contributed by atoms with Gasteiger partial charge in [0.2, 0.25) is 0 Å². The molecule has 3 heteroatoms. The van der Waals surface area contributed by atoms with Gasteiger partial charge in [0.05, 0.1) is 10.9 Å². The van der Waals surface area contributed by atoms with Crippen LogP contribution in [0.15, 0.2) is 42.6 Å². The van der Waals surface area contributed by atoms with Crippen molar-refractivity contribution in [1.29, 1.82) is 0 Å². The average molecular weight is 250 g/mol. The van der Waals surface area contributed by atoms with Gasteiger partial charge >= 0.3 is 0 Å². The smallest absolute Gasteiger partial charge is 0.159 e. The van der Waals surface area contributed by atoms with Gasteiger partial charge in [0.1, 0.15) is 5.75 Å². The van der Waals surface area contributed by atoms with E-state index in [2.05, 4.69) is 9.97 Å². The van der Waals surface area contributed by atoms with Crippen LogP contribution in [0.4, 0.5) is 0 Å². The van der Waals surface area contributed by atoms with Crippen molar-refractivity contribution in [2.75, 3.05) is 0 Å². The predicted octanol–water partition coefficient (Wildman–Crippen LogP) is 3.62. The molecule has 0 aliphatic carbocycles. The lowest BCUT2D eigenvalue weighted by Gasteiger charge is -2.08. The normalized spacial score (nSPS) is 10.8. The molecule has 0 unspecified atom stereocenters. The van der Waals surface area contributed by atoms with Crippen LogP contribution < -0.4 is 0 Å². The Hall–Kier alpha value is -2.42. The molecule has 0 spiro atoms.